The maximum absolute atomic E-state index is 11.7. The lowest BCUT2D eigenvalue weighted by Gasteiger charge is -2.36. The second kappa shape index (κ2) is 7.94. The molecule has 4 heteroatoms. The van der Waals surface area contributed by atoms with E-state index in [1.54, 1.807) is 0 Å². The topological polar surface area (TPSA) is 35.5 Å². The highest BCUT2D eigenvalue weighted by molar-refractivity contribution is 6.74. The molecule has 1 saturated carbocycles. The molecule has 0 aromatic heterocycles. The minimum atomic E-state index is -1.81. The fraction of sp³-hybridized carbons (Fsp3) is 0.667. The van der Waals surface area contributed by atoms with Crippen LogP contribution in [0.1, 0.15) is 71.3 Å². The van der Waals surface area contributed by atoms with E-state index in [2.05, 4.69) is 58.1 Å². The van der Waals surface area contributed by atoms with Crippen molar-refractivity contribution in [3.05, 3.63) is 29.8 Å². The van der Waals surface area contributed by atoms with Crippen molar-refractivity contribution in [3.8, 4) is 5.75 Å². The van der Waals surface area contributed by atoms with Crippen LogP contribution in [0, 0.1) is 0 Å². The third-order valence-corrected chi connectivity index (χ3v) is 10.1. The van der Waals surface area contributed by atoms with Crippen molar-refractivity contribution in [1.29, 1.82) is 0 Å². The van der Waals surface area contributed by atoms with Gasteiger partial charge in [0, 0.05) is 12.3 Å². The molecule has 0 heterocycles. The van der Waals surface area contributed by atoms with Gasteiger partial charge in [-0.15, -0.1) is 0 Å². The number of hydrogen-bond donors (Lipinski definition) is 0. The van der Waals surface area contributed by atoms with Gasteiger partial charge in [-0.05, 0) is 55.1 Å². The Bertz CT molecular complexity index is 572. The van der Waals surface area contributed by atoms with Gasteiger partial charge in [0.15, 0.2) is 0 Å². The molecule has 1 aromatic rings. The molecule has 0 spiro atoms. The Hall–Kier alpha value is -1.29. The van der Waals surface area contributed by atoms with Gasteiger partial charge in [-0.25, -0.2) is 0 Å². The van der Waals surface area contributed by atoms with Gasteiger partial charge in [-0.2, -0.15) is 0 Å². The molecule has 0 bridgehead atoms. The predicted molar refractivity (Wildman–Crippen MR) is 106 cm³/mol. The molecule has 1 aliphatic carbocycles. The van der Waals surface area contributed by atoms with Crippen LogP contribution in [0.5, 0.6) is 5.75 Å². The SMILES string of the molecule is CCC(=O)O[C@H]1CCCC[C@@H]1c1ccc(O[Si](C)(C)C(C)(C)C)cc1. The van der Waals surface area contributed by atoms with E-state index in [9.17, 15) is 4.79 Å². The first-order valence-electron chi connectivity index (χ1n) is 9.62. The lowest BCUT2D eigenvalue weighted by atomic mass is 9.81. The second-order valence-electron chi connectivity index (χ2n) is 8.70. The molecule has 0 unspecified atom stereocenters. The zero-order valence-corrected chi connectivity index (χ0v) is 17.7. The van der Waals surface area contributed by atoms with Crippen molar-refractivity contribution in [2.24, 2.45) is 0 Å². The Kier molecular flexibility index (Phi) is 6.36. The van der Waals surface area contributed by atoms with Crippen LogP contribution in [-0.2, 0) is 9.53 Å². The molecule has 3 nitrogen and oxygen atoms in total. The summed E-state index contributed by atoms with van der Waals surface area (Å²) in [6.07, 6.45) is 4.87. The van der Waals surface area contributed by atoms with Gasteiger partial charge in [0.1, 0.15) is 11.9 Å². The molecule has 1 aromatic carbocycles. The number of esters is 1. The highest BCUT2D eigenvalue weighted by atomic mass is 28.4. The molecule has 2 atom stereocenters. The second-order valence-corrected chi connectivity index (χ2v) is 13.4. The third-order valence-electron chi connectivity index (χ3n) is 5.76. The van der Waals surface area contributed by atoms with Crippen molar-refractivity contribution in [3.63, 3.8) is 0 Å². The molecule has 0 N–H and O–H groups in total. The average Bonchev–Trinajstić information content (AvgIpc) is 2.54. The number of carbonyl (C=O) groups excluding carboxylic acids is 1. The first-order chi connectivity index (χ1) is 11.6. The van der Waals surface area contributed by atoms with Crippen LogP contribution in [0.3, 0.4) is 0 Å². The molecule has 0 radical (unpaired) electrons. The van der Waals surface area contributed by atoms with Gasteiger partial charge in [-0.1, -0.05) is 46.2 Å². The lowest BCUT2D eigenvalue weighted by molar-refractivity contribution is -0.151. The van der Waals surface area contributed by atoms with Crippen LogP contribution in [0.25, 0.3) is 0 Å². The van der Waals surface area contributed by atoms with Crippen LogP contribution in [-0.4, -0.2) is 20.4 Å². The van der Waals surface area contributed by atoms with Crippen molar-refractivity contribution in [2.45, 2.75) is 90.0 Å². The Morgan fingerprint density at radius 2 is 1.72 bits per heavy atom. The van der Waals surface area contributed by atoms with Crippen molar-refractivity contribution < 1.29 is 14.0 Å². The molecule has 0 aliphatic heterocycles. The maximum atomic E-state index is 11.7. The summed E-state index contributed by atoms with van der Waals surface area (Å²) in [6.45, 7) is 13.1. The smallest absolute Gasteiger partial charge is 0.305 e. The van der Waals surface area contributed by atoms with E-state index < -0.39 is 8.32 Å². The van der Waals surface area contributed by atoms with Gasteiger partial charge < -0.3 is 9.16 Å². The monoisotopic (exact) mass is 362 g/mol. The summed E-state index contributed by atoms with van der Waals surface area (Å²) in [5.41, 5.74) is 1.26. The third kappa shape index (κ3) is 5.10. The van der Waals surface area contributed by atoms with E-state index in [1.807, 2.05) is 6.92 Å². The summed E-state index contributed by atoms with van der Waals surface area (Å²) in [6, 6.07) is 8.49. The molecular formula is C21H34O3Si. The highest BCUT2D eigenvalue weighted by Crippen LogP contribution is 2.39. The predicted octanol–water partition coefficient (Wildman–Crippen LogP) is 6.05. The summed E-state index contributed by atoms with van der Waals surface area (Å²) < 4.78 is 12.1. The van der Waals surface area contributed by atoms with Crippen LogP contribution in [0.4, 0.5) is 0 Å². The summed E-state index contributed by atoms with van der Waals surface area (Å²) in [5, 5.41) is 0.189. The van der Waals surface area contributed by atoms with Crippen molar-refractivity contribution >= 4 is 14.3 Å². The summed E-state index contributed by atoms with van der Waals surface area (Å²) in [7, 11) is -1.81. The van der Waals surface area contributed by atoms with Gasteiger partial charge in [0.05, 0.1) is 0 Å². The molecule has 140 valence electrons. The Morgan fingerprint density at radius 3 is 2.28 bits per heavy atom. The normalized spacial score (nSPS) is 21.7. The minimum absolute atomic E-state index is 0.0216. The fourth-order valence-corrected chi connectivity index (χ4v) is 4.13. The molecule has 0 amide bonds. The number of ether oxygens (including phenoxy) is 1. The summed E-state index contributed by atoms with van der Waals surface area (Å²) in [4.78, 5) is 11.7. The largest absolute Gasteiger partial charge is 0.544 e. The Balaban J connectivity index is 2.11. The number of rotatable bonds is 5. The van der Waals surface area contributed by atoms with Gasteiger partial charge in [-0.3, -0.25) is 4.79 Å². The quantitative estimate of drug-likeness (QED) is 0.472. The zero-order valence-electron chi connectivity index (χ0n) is 16.7. The van der Waals surface area contributed by atoms with E-state index in [4.69, 9.17) is 9.16 Å². The van der Waals surface area contributed by atoms with Crippen LogP contribution < -0.4 is 4.43 Å². The van der Waals surface area contributed by atoms with Gasteiger partial charge in [0.2, 0.25) is 8.32 Å². The summed E-state index contributed by atoms with van der Waals surface area (Å²) in [5.74, 6) is 1.18. The standard InChI is InChI=1S/C21H34O3Si/c1-7-20(22)23-19-11-9-8-10-18(19)16-12-14-17(15-13-16)24-25(5,6)21(2,3)4/h12-15,18-19H,7-11H2,1-6H3/t18-,19+/m1/s1. The number of benzene rings is 1. The van der Waals surface area contributed by atoms with E-state index in [1.165, 1.54) is 12.0 Å². The number of hydrogen-bond acceptors (Lipinski definition) is 3. The van der Waals surface area contributed by atoms with Crippen molar-refractivity contribution in [1.82, 2.24) is 0 Å². The average molecular weight is 363 g/mol. The molecule has 0 saturated heterocycles. The molecular weight excluding hydrogens is 328 g/mol. The molecule has 2 rings (SSSR count). The van der Waals surface area contributed by atoms with Crippen LogP contribution >= 0.6 is 0 Å². The highest BCUT2D eigenvalue weighted by Gasteiger charge is 2.39. The maximum Gasteiger partial charge on any atom is 0.305 e. The van der Waals surface area contributed by atoms with E-state index in [0.29, 0.717) is 12.3 Å². The Labute approximate surface area is 154 Å². The van der Waals surface area contributed by atoms with Crippen molar-refractivity contribution in [2.75, 3.05) is 0 Å². The van der Waals surface area contributed by atoms with Crippen LogP contribution in [0.15, 0.2) is 24.3 Å². The number of carbonyl (C=O) groups is 1. The fourth-order valence-electron chi connectivity index (χ4n) is 3.10. The lowest BCUT2D eigenvalue weighted by Crippen LogP contribution is -2.43. The molecule has 25 heavy (non-hydrogen) atoms. The molecule has 1 fully saturated rings. The Morgan fingerprint density at radius 1 is 1.12 bits per heavy atom. The van der Waals surface area contributed by atoms with E-state index in [0.717, 1.165) is 25.0 Å². The van der Waals surface area contributed by atoms with E-state index >= 15 is 0 Å². The zero-order chi connectivity index (χ0) is 18.7. The van der Waals surface area contributed by atoms with Crippen LogP contribution in [0.2, 0.25) is 18.1 Å². The first-order valence-corrected chi connectivity index (χ1v) is 12.5. The summed E-state index contributed by atoms with van der Waals surface area (Å²) >= 11 is 0. The van der Waals surface area contributed by atoms with E-state index in [-0.39, 0.29) is 17.1 Å². The first kappa shape index (κ1) is 20.0. The van der Waals surface area contributed by atoms with Gasteiger partial charge in [0.25, 0.3) is 0 Å². The minimum Gasteiger partial charge on any atom is -0.544 e. The molecule has 1 aliphatic rings. The van der Waals surface area contributed by atoms with Gasteiger partial charge >= 0.3 is 5.97 Å².